The van der Waals surface area contributed by atoms with Crippen LogP contribution in [0.25, 0.3) is 21.3 Å². The Morgan fingerprint density at radius 1 is 1.09 bits per heavy atom. The minimum atomic E-state index is -0.663. The first kappa shape index (κ1) is 20.4. The number of benzene rings is 1. The minimum Gasteiger partial charge on any atom is -0.380 e. The molecule has 6 rings (SSSR count). The van der Waals surface area contributed by atoms with Crippen molar-refractivity contribution in [2.24, 2.45) is 17.8 Å². The zero-order valence-corrected chi connectivity index (χ0v) is 18.6. The van der Waals surface area contributed by atoms with Gasteiger partial charge in [0.2, 0.25) is 0 Å². The van der Waals surface area contributed by atoms with E-state index in [4.69, 9.17) is 4.74 Å². The molecule has 1 saturated carbocycles. The lowest BCUT2D eigenvalue weighted by Gasteiger charge is -2.22. The number of likely N-dealkylation sites (tertiary alicyclic amines) is 1. The summed E-state index contributed by atoms with van der Waals surface area (Å²) in [4.78, 5) is 14.6. The molecule has 2 saturated heterocycles. The topological polar surface area (TPSA) is 41.5 Å². The number of ether oxygens (including phenoxy) is 1. The highest BCUT2D eigenvalue weighted by molar-refractivity contribution is 7.17. The van der Waals surface area contributed by atoms with Gasteiger partial charge in [0.05, 0.1) is 18.6 Å². The van der Waals surface area contributed by atoms with E-state index in [9.17, 15) is 8.78 Å². The van der Waals surface area contributed by atoms with E-state index in [2.05, 4.69) is 25.1 Å². The van der Waals surface area contributed by atoms with Gasteiger partial charge in [0.1, 0.15) is 29.0 Å². The Morgan fingerprint density at radius 3 is 2.66 bits per heavy atom. The summed E-state index contributed by atoms with van der Waals surface area (Å²) >= 11 is 1.60. The Balaban J connectivity index is 1.09. The first-order chi connectivity index (χ1) is 15.7. The predicted octanol–water partition coefficient (Wildman–Crippen LogP) is 4.24. The number of alkyl halides is 1. The maximum Gasteiger partial charge on any atom is 0.141 e. The second kappa shape index (κ2) is 8.32. The maximum absolute atomic E-state index is 13.4. The van der Waals surface area contributed by atoms with Crippen molar-refractivity contribution in [1.29, 1.82) is 0 Å². The third-order valence-electron chi connectivity index (χ3n) is 7.25. The standard InChI is InChI=1S/C24H26F2N4OS/c25-16-3-1-15(2-4-16)21-13-32-24-22(21)23(27-14-28-24)30-10-18-19(11-30)20(18)12-31-8-7-29-6-5-17(26)9-29/h1-4,13-14,17-20H,5-12H2/t17-,18?,19?,20?/m0/s1. The van der Waals surface area contributed by atoms with Crippen LogP contribution in [0.15, 0.2) is 36.0 Å². The molecule has 3 atom stereocenters. The molecule has 8 heteroatoms. The first-order valence-electron chi connectivity index (χ1n) is 11.3. The summed E-state index contributed by atoms with van der Waals surface area (Å²) in [5.74, 6) is 2.67. The van der Waals surface area contributed by atoms with Crippen molar-refractivity contribution in [3.8, 4) is 11.1 Å². The third kappa shape index (κ3) is 3.78. The fourth-order valence-corrected chi connectivity index (χ4v) is 6.32. The highest BCUT2D eigenvalue weighted by atomic mass is 32.1. The summed E-state index contributed by atoms with van der Waals surface area (Å²) in [6.07, 6.45) is 1.64. The van der Waals surface area contributed by atoms with Crippen LogP contribution in [0.4, 0.5) is 14.6 Å². The van der Waals surface area contributed by atoms with Crippen LogP contribution in [0.2, 0.25) is 0 Å². The lowest BCUT2D eigenvalue weighted by molar-refractivity contribution is 0.0956. The van der Waals surface area contributed by atoms with Crippen molar-refractivity contribution in [2.45, 2.75) is 12.6 Å². The molecule has 2 aromatic heterocycles. The molecule has 0 bridgehead atoms. The van der Waals surface area contributed by atoms with Gasteiger partial charge in [0.15, 0.2) is 0 Å². The average Bonchev–Trinajstić information content (AvgIpc) is 3.25. The normalized spacial score (nSPS) is 27.4. The van der Waals surface area contributed by atoms with Gasteiger partial charge in [-0.15, -0.1) is 11.3 Å². The Hall–Kier alpha value is -2.16. The van der Waals surface area contributed by atoms with E-state index < -0.39 is 6.17 Å². The van der Waals surface area contributed by atoms with Crippen LogP contribution < -0.4 is 4.90 Å². The highest BCUT2D eigenvalue weighted by Crippen LogP contribution is 2.53. The zero-order valence-electron chi connectivity index (χ0n) is 17.8. The number of nitrogens with zero attached hydrogens (tertiary/aromatic N) is 4. The van der Waals surface area contributed by atoms with Crippen LogP contribution >= 0.6 is 11.3 Å². The van der Waals surface area contributed by atoms with Crippen LogP contribution in [0, 0.1) is 23.6 Å². The number of piperidine rings is 1. The molecule has 3 aromatic rings. The smallest absolute Gasteiger partial charge is 0.141 e. The molecule has 3 aliphatic rings. The maximum atomic E-state index is 13.4. The van der Waals surface area contributed by atoms with Gasteiger partial charge in [0, 0.05) is 43.7 Å². The molecule has 4 heterocycles. The number of rotatable bonds is 7. The van der Waals surface area contributed by atoms with Crippen LogP contribution in [-0.4, -0.2) is 67.0 Å². The summed E-state index contributed by atoms with van der Waals surface area (Å²) in [6, 6.07) is 6.63. The van der Waals surface area contributed by atoms with E-state index in [0.29, 0.717) is 37.3 Å². The third-order valence-corrected chi connectivity index (χ3v) is 8.14. The van der Waals surface area contributed by atoms with Gasteiger partial charge in [-0.05, 0) is 41.9 Å². The fourth-order valence-electron chi connectivity index (χ4n) is 5.41. The molecule has 32 heavy (non-hydrogen) atoms. The number of hydrogen-bond acceptors (Lipinski definition) is 6. The van der Waals surface area contributed by atoms with Crippen molar-refractivity contribution in [2.75, 3.05) is 50.8 Å². The van der Waals surface area contributed by atoms with Gasteiger partial charge in [-0.1, -0.05) is 12.1 Å². The summed E-state index contributed by atoms with van der Waals surface area (Å²) in [5, 5.41) is 3.16. The summed E-state index contributed by atoms with van der Waals surface area (Å²) in [7, 11) is 0. The van der Waals surface area contributed by atoms with Crippen molar-refractivity contribution >= 4 is 27.4 Å². The fraction of sp³-hybridized carbons (Fsp3) is 0.500. The van der Waals surface area contributed by atoms with Gasteiger partial charge < -0.3 is 9.64 Å². The molecular weight excluding hydrogens is 430 g/mol. The van der Waals surface area contributed by atoms with Gasteiger partial charge in [-0.3, -0.25) is 4.90 Å². The first-order valence-corrected chi connectivity index (χ1v) is 12.2. The molecule has 2 unspecified atom stereocenters. The molecule has 0 spiro atoms. The molecule has 3 fully saturated rings. The van der Waals surface area contributed by atoms with Crippen LogP contribution in [0.1, 0.15) is 6.42 Å². The van der Waals surface area contributed by atoms with E-state index >= 15 is 0 Å². The number of hydrogen-bond donors (Lipinski definition) is 0. The van der Waals surface area contributed by atoms with Gasteiger partial charge in [0.25, 0.3) is 0 Å². The number of aromatic nitrogens is 2. The Labute approximate surface area is 190 Å². The summed E-state index contributed by atoms with van der Waals surface area (Å²) < 4.78 is 32.6. The quantitative estimate of drug-likeness (QED) is 0.498. The molecular formula is C24H26F2N4OS. The predicted molar refractivity (Wildman–Crippen MR) is 122 cm³/mol. The van der Waals surface area contributed by atoms with Crippen molar-refractivity contribution < 1.29 is 13.5 Å². The molecule has 2 aliphatic heterocycles. The Bertz CT molecular complexity index is 1100. The van der Waals surface area contributed by atoms with E-state index in [1.54, 1.807) is 17.7 Å². The molecule has 1 aliphatic carbocycles. The van der Waals surface area contributed by atoms with Crippen LogP contribution in [0.5, 0.6) is 0 Å². The Kier molecular flexibility index (Phi) is 5.31. The molecule has 0 N–H and O–H groups in total. The van der Waals surface area contributed by atoms with E-state index in [0.717, 1.165) is 59.9 Å². The molecule has 0 amide bonds. The summed E-state index contributed by atoms with van der Waals surface area (Å²) in [5.41, 5.74) is 2.06. The molecule has 168 valence electrons. The van der Waals surface area contributed by atoms with Gasteiger partial charge in [-0.2, -0.15) is 0 Å². The van der Waals surface area contributed by atoms with Crippen LogP contribution in [-0.2, 0) is 4.74 Å². The van der Waals surface area contributed by atoms with Gasteiger partial charge >= 0.3 is 0 Å². The van der Waals surface area contributed by atoms with Crippen LogP contribution in [0.3, 0.4) is 0 Å². The second-order valence-electron chi connectivity index (χ2n) is 9.19. The van der Waals surface area contributed by atoms with Crippen molar-refractivity contribution in [3.63, 3.8) is 0 Å². The molecule has 5 nitrogen and oxygen atoms in total. The SMILES string of the molecule is Fc1ccc(-c2csc3ncnc(N4CC5C(COCCN6CC[C@H](F)C6)C5C4)c23)cc1. The molecule has 1 aromatic carbocycles. The zero-order chi connectivity index (χ0) is 21.7. The monoisotopic (exact) mass is 456 g/mol. The second-order valence-corrected chi connectivity index (χ2v) is 10.0. The van der Waals surface area contributed by atoms with Crippen molar-refractivity contribution in [3.05, 3.63) is 41.8 Å². The average molecular weight is 457 g/mol. The van der Waals surface area contributed by atoms with E-state index in [1.165, 1.54) is 12.1 Å². The Morgan fingerprint density at radius 2 is 1.91 bits per heavy atom. The lowest BCUT2D eigenvalue weighted by Crippen LogP contribution is -2.27. The summed E-state index contributed by atoms with van der Waals surface area (Å²) in [6.45, 7) is 5.70. The van der Waals surface area contributed by atoms with Crippen molar-refractivity contribution in [1.82, 2.24) is 14.9 Å². The van der Waals surface area contributed by atoms with Gasteiger partial charge in [-0.25, -0.2) is 18.7 Å². The molecule has 0 radical (unpaired) electrons. The lowest BCUT2D eigenvalue weighted by atomic mass is 10.1. The minimum absolute atomic E-state index is 0.232. The number of halogens is 2. The van der Waals surface area contributed by atoms with E-state index in [-0.39, 0.29) is 5.82 Å². The highest BCUT2D eigenvalue weighted by Gasteiger charge is 2.56. The van der Waals surface area contributed by atoms with E-state index in [1.807, 2.05) is 12.1 Å². The number of thiophene rings is 1. The number of anilines is 1. The largest absolute Gasteiger partial charge is 0.380 e. The number of fused-ring (bicyclic) bond motifs is 2.